The van der Waals surface area contributed by atoms with Crippen LogP contribution < -0.4 is 4.90 Å². The van der Waals surface area contributed by atoms with Crippen molar-refractivity contribution in [2.75, 3.05) is 32.5 Å². The van der Waals surface area contributed by atoms with Crippen LogP contribution in [0.5, 0.6) is 5.75 Å². The van der Waals surface area contributed by atoms with Crippen LogP contribution in [0, 0.1) is 0 Å². The highest BCUT2D eigenvalue weighted by atomic mass is 16.5. The number of hydrogen-bond donors (Lipinski definition) is 1. The fourth-order valence-corrected chi connectivity index (χ4v) is 3.42. The lowest BCUT2D eigenvalue weighted by Gasteiger charge is -2.34. The summed E-state index contributed by atoms with van der Waals surface area (Å²) in [6.45, 7) is 0.0933. The van der Waals surface area contributed by atoms with Crippen LogP contribution in [-0.4, -0.2) is 44.6 Å². The van der Waals surface area contributed by atoms with Crippen molar-refractivity contribution < 1.29 is 28.9 Å². The lowest BCUT2D eigenvalue weighted by molar-refractivity contribution is -0.140. The van der Waals surface area contributed by atoms with Crippen LogP contribution in [0.2, 0.25) is 0 Å². The zero-order chi connectivity index (χ0) is 18.0. The summed E-state index contributed by atoms with van der Waals surface area (Å²) in [5.41, 5.74) is 2.85. The fourth-order valence-electron chi connectivity index (χ4n) is 3.42. The monoisotopic (exact) mass is 347 g/mol. The molecule has 0 amide bonds. The molecule has 1 aliphatic heterocycles. The molecule has 1 aromatic carbocycles. The van der Waals surface area contributed by atoms with E-state index in [2.05, 4.69) is 0 Å². The number of carbonyl (C=O) groups is 2. The molecule has 134 valence electrons. The van der Waals surface area contributed by atoms with Crippen molar-refractivity contribution in [1.82, 2.24) is 0 Å². The Morgan fingerprint density at radius 2 is 1.76 bits per heavy atom. The van der Waals surface area contributed by atoms with E-state index in [0.717, 1.165) is 42.5 Å². The van der Waals surface area contributed by atoms with Crippen LogP contribution in [0.3, 0.4) is 0 Å². The first kappa shape index (κ1) is 17.3. The van der Waals surface area contributed by atoms with Crippen LogP contribution in [0.1, 0.15) is 24.0 Å². The molecule has 7 nitrogen and oxygen atoms in total. The van der Waals surface area contributed by atoms with Gasteiger partial charge in [-0.15, -0.1) is 0 Å². The average Bonchev–Trinajstić information content (AvgIpc) is 2.66. The highest BCUT2D eigenvalue weighted by Gasteiger charge is 2.34. The second kappa shape index (κ2) is 7.14. The molecule has 7 heteroatoms. The Hall–Kier alpha value is -2.54. The van der Waals surface area contributed by atoms with E-state index in [-0.39, 0.29) is 30.4 Å². The van der Waals surface area contributed by atoms with E-state index in [9.17, 15) is 14.7 Å². The first-order valence-electron chi connectivity index (χ1n) is 8.17. The molecule has 25 heavy (non-hydrogen) atoms. The molecule has 1 heterocycles. The molecule has 0 bridgehead atoms. The van der Waals surface area contributed by atoms with E-state index in [1.807, 2.05) is 0 Å². The second-order valence-electron chi connectivity index (χ2n) is 5.98. The number of phenolic OH excluding ortho intramolecular Hbond substituents is 1. The molecule has 0 saturated heterocycles. The second-order valence-corrected chi connectivity index (χ2v) is 5.98. The topological polar surface area (TPSA) is 85.3 Å². The molecular formula is C18H21NO6. The SMILES string of the molecule is COC(=O)C1=C(C(=O)OC)N(c2ccc(O)c3c2CCCC3)COC1. The van der Waals surface area contributed by atoms with Gasteiger partial charge >= 0.3 is 11.9 Å². The summed E-state index contributed by atoms with van der Waals surface area (Å²) < 4.78 is 15.2. The number of benzene rings is 1. The molecule has 1 aliphatic carbocycles. The third kappa shape index (κ3) is 3.07. The van der Waals surface area contributed by atoms with Gasteiger partial charge in [-0.2, -0.15) is 0 Å². The summed E-state index contributed by atoms with van der Waals surface area (Å²) in [4.78, 5) is 26.1. The maximum Gasteiger partial charge on any atom is 0.355 e. The van der Waals surface area contributed by atoms with E-state index in [0.29, 0.717) is 0 Å². The smallest absolute Gasteiger partial charge is 0.355 e. The molecule has 0 atom stereocenters. The van der Waals surface area contributed by atoms with Crippen molar-refractivity contribution in [3.8, 4) is 5.75 Å². The summed E-state index contributed by atoms with van der Waals surface area (Å²) in [5.74, 6) is -0.993. The Balaban J connectivity index is 2.15. The van der Waals surface area contributed by atoms with Gasteiger partial charge in [0.15, 0.2) is 0 Å². The quantitative estimate of drug-likeness (QED) is 0.832. The van der Waals surface area contributed by atoms with Crippen molar-refractivity contribution in [3.05, 3.63) is 34.5 Å². The van der Waals surface area contributed by atoms with Crippen LogP contribution in [0.4, 0.5) is 5.69 Å². The third-order valence-electron chi connectivity index (χ3n) is 4.61. The Morgan fingerprint density at radius 3 is 2.44 bits per heavy atom. The average molecular weight is 347 g/mol. The zero-order valence-corrected chi connectivity index (χ0v) is 14.3. The number of methoxy groups -OCH3 is 2. The number of fused-ring (bicyclic) bond motifs is 1. The summed E-state index contributed by atoms with van der Waals surface area (Å²) in [5, 5.41) is 10.2. The van der Waals surface area contributed by atoms with Gasteiger partial charge in [-0.25, -0.2) is 9.59 Å². The molecule has 0 unspecified atom stereocenters. The van der Waals surface area contributed by atoms with Crippen LogP contribution in [0.25, 0.3) is 0 Å². The van der Waals surface area contributed by atoms with Gasteiger partial charge in [0.25, 0.3) is 0 Å². The number of esters is 2. The minimum atomic E-state index is -0.627. The number of phenols is 1. The summed E-state index contributed by atoms with van der Waals surface area (Å²) in [6, 6.07) is 3.35. The van der Waals surface area contributed by atoms with Gasteiger partial charge < -0.3 is 24.2 Å². The number of hydrogen-bond acceptors (Lipinski definition) is 7. The molecule has 1 N–H and O–H groups in total. The van der Waals surface area contributed by atoms with Crippen molar-refractivity contribution in [1.29, 1.82) is 0 Å². The van der Waals surface area contributed by atoms with E-state index in [4.69, 9.17) is 14.2 Å². The minimum Gasteiger partial charge on any atom is -0.508 e. The highest BCUT2D eigenvalue weighted by molar-refractivity contribution is 6.03. The number of anilines is 1. The largest absolute Gasteiger partial charge is 0.508 e. The Labute approximate surface area is 145 Å². The van der Waals surface area contributed by atoms with Crippen LogP contribution >= 0.6 is 0 Å². The minimum absolute atomic E-state index is 0.0200. The Kier molecular flexibility index (Phi) is 4.94. The molecule has 0 fully saturated rings. The van der Waals surface area contributed by atoms with Gasteiger partial charge in [0.05, 0.1) is 26.4 Å². The first-order valence-corrected chi connectivity index (χ1v) is 8.17. The highest BCUT2D eigenvalue weighted by Crippen LogP contribution is 2.38. The summed E-state index contributed by atoms with van der Waals surface area (Å²) in [7, 11) is 2.52. The van der Waals surface area contributed by atoms with Crippen molar-refractivity contribution in [2.24, 2.45) is 0 Å². The predicted molar refractivity (Wildman–Crippen MR) is 89.1 cm³/mol. The predicted octanol–water partition coefficient (Wildman–Crippen LogP) is 1.67. The number of ether oxygens (including phenoxy) is 3. The van der Waals surface area contributed by atoms with Crippen molar-refractivity contribution in [2.45, 2.75) is 25.7 Å². The maximum absolute atomic E-state index is 12.4. The molecule has 0 radical (unpaired) electrons. The molecule has 0 saturated carbocycles. The molecular weight excluding hydrogens is 326 g/mol. The molecule has 1 aromatic rings. The van der Waals surface area contributed by atoms with E-state index in [1.54, 1.807) is 17.0 Å². The van der Waals surface area contributed by atoms with Crippen LogP contribution in [0.15, 0.2) is 23.4 Å². The fraction of sp³-hybridized carbons (Fsp3) is 0.444. The third-order valence-corrected chi connectivity index (χ3v) is 4.61. The van der Waals surface area contributed by atoms with Gasteiger partial charge in [0.1, 0.15) is 18.2 Å². The molecule has 2 aliphatic rings. The number of nitrogens with zero attached hydrogens (tertiary/aromatic N) is 1. The molecule has 0 spiro atoms. The van der Waals surface area contributed by atoms with E-state index in [1.165, 1.54) is 14.2 Å². The number of rotatable bonds is 3. The lowest BCUT2D eigenvalue weighted by atomic mass is 9.89. The standard InChI is InChI=1S/C18H21NO6/c1-23-17(21)13-9-25-10-19(16(13)18(22)24-2)14-7-8-15(20)12-6-4-3-5-11(12)14/h7-8,20H,3-6,9-10H2,1-2H3. The summed E-state index contributed by atoms with van der Waals surface area (Å²) in [6.07, 6.45) is 3.58. The Morgan fingerprint density at radius 1 is 1.08 bits per heavy atom. The van der Waals surface area contributed by atoms with Gasteiger partial charge in [-0.1, -0.05) is 0 Å². The van der Waals surface area contributed by atoms with E-state index >= 15 is 0 Å². The number of aromatic hydroxyl groups is 1. The number of carbonyl (C=O) groups excluding carboxylic acids is 2. The lowest BCUT2D eigenvalue weighted by Crippen LogP contribution is -2.39. The van der Waals surface area contributed by atoms with Gasteiger partial charge in [-0.3, -0.25) is 0 Å². The van der Waals surface area contributed by atoms with Gasteiger partial charge in [-0.05, 0) is 48.9 Å². The van der Waals surface area contributed by atoms with E-state index < -0.39 is 11.9 Å². The first-order chi connectivity index (χ1) is 12.1. The van der Waals surface area contributed by atoms with Crippen molar-refractivity contribution in [3.63, 3.8) is 0 Å². The molecule has 0 aromatic heterocycles. The summed E-state index contributed by atoms with van der Waals surface area (Å²) >= 11 is 0. The van der Waals surface area contributed by atoms with Gasteiger partial charge in [0, 0.05) is 5.69 Å². The maximum atomic E-state index is 12.4. The molecule has 3 rings (SSSR count). The Bertz CT molecular complexity index is 739. The van der Waals surface area contributed by atoms with Crippen LogP contribution in [-0.2, 0) is 36.6 Å². The zero-order valence-electron chi connectivity index (χ0n) is 14.3. The normalized spacial score (nSPS) is 17.1. The van der Waals surface area contributed by atoms with Gasteiger partial charge in [0.2, 0.25) is 0 Å². The van der Waals surface area contributed by atoms with Crippen molar-refractivity contribution >= 4 is 17.6 Å².